The van der Waals surface area contributed by atoms with Crippen molar-refractivity contribution in [2.45, 2.75) is 33.1 Å². The number of aryl methyl sites for hydroxylation is 2. The van der Waals surface area contributed by atoms with E-state index >= 15 is 0 Å². The van der Waals surface area contributed by atoms with Gasteiger partial charge in [0.1, 0.15) is 0 Å². The number of hydrazine groups is 1. The number of carbonyl (C=O) groups is 3. The molecular formula is C23H23N3O4S. The molecule has 0 radical (unpaired) electrons. The zero-order chi connectivity index (χ0) is 22.0. The van der Waals surface area contributed by atoms with Gasteiger partial charge in [-0.25, -0.2) is 0 Å². The fourth-order valence-electron chi connectivity index (χ4n) is 3.55. The largest absolute Gasteiger partial charge is 0.459 e. The molecule has 0 saturated heterocycles. The van der Waals surface area contributed by atoms with E-state index in [1.54, 1.807) is 30.3 Å². The monoisotopic (exact) mass is 437 g/mol. The Morgan fingerprint density at radius 1 is 1.06 bits per heavy atom. The average molecular weight is 438 g/mol. The molecule has 3 amide bonds. The van der Waals surface area contributed by atoms with Gasteiger partial charge in [0, 0.05) is 16.1 Å². The minimum atomic E-state index is -0.475. The quantitative estimate of drug-likeness (QED) is 0.535. The zero-order valence-corrected chi connectivity index (χ0v) is 18.1. The number of nitrogens with one attached hydrogen (secondary N) is 3. The summed E-state index contributed by atoms with van der Waals surface area (Å²) in [6.45, 7) is 4.04. The van der Waals surface area contributed by atoms with Crippen molar-refractivity contribution < 1.29 is 18.8 Å². The molecule has 0 saturated carbocycles. The number of thiophene rings is 1. The van der Waals surface area contributed by atoms with Crippen molar-refractivity contribution in [3.63, 3.8) is 0 Å². The maximum Gasteiger partial charge on any atom is 0.291 e. The van der Waals surface area contributed by atoms with Gasteiger partial charge in [0.15, 0.2) is 5.76 Å². The molecule has 31 heavy (non-hydrogen) atoms. The van der Waals surface area contributed by atoms with E-state index < -0.39 is 11.8 Å². The first-order valence-electron chi connectivity index (χ1n) is 10.1. The summed E-state index contributed by atoms with van der Waals surface area (Å²) in [7, 11) is 0. The molecule has 1 aromatic carbocycles. The van der Waals surface area contributed by atoms with Crippen molar-refractivity contribution in [1.82, 2.24) is 10.9 Å². The minimum Gasteiger partial charge on any atom is -0.459 e. The van der Waals surface area contributed by atoms with E-state index in [-0.39, 0.29) is 11.7 Å². The maximum atomic E-state index is 12.5. The Hall–Kier alpha value is -3.39. The molecule has 3 aromatic rings. The maximum absolute atomic E-state index is 12.5. The van der Waals surface area contributed by atoms with Gasteiger partial charge in [-0.15, -0.1) is 11.3 Å². The average Bonchev–Trinajstić information content (AvgIpc) is 3.43. The Morgan fingerprint density at radius 2 is 1.87 bits per heavy atom. The third kappa shape index (κ3) is 4.69. The van der Waals surface area contributed by atoms with Crippen molar-refractivity contribution in [2.75, 3.05) is 5.32 Å². The molecule has 0 spiro atoms. The van der Waals surface area contributed by atoms with E-state index in [2.05, 4.69) is 23.1 Å². The lowest BCUT2D eigenvalue weighted by molar-refractivity contribution is 0.0849. The number of carbonyl (C=O) groups excluding carboxylic acids is 3. The first kappa shape index (κ1) is 20.9. The predicted molar refractivity (Wildman–Crippen MR) is 118 cm³/mol. The molecule has 7 nitrogen and oxygen atoms in total. The van der Waals surface area contributed by atoms with Crippen molar-refractivity contribution in [1.29, 1.82) is 0 Å². The van der Waals surface area contributed by atoms with E-state index in [0.717, 1.165) is 24.8 Å². The van der Waals surface area contributed by atoms with Crippen molar-refractivity contribution in [2.24, 2.45) is 5.92 Å². The van der Waals surface area contributed by atoms with Crippen LogP contribution in [0.25, 0.3) is 0 Å². The van der Waals surface area contributed by atoms with Crippen LogP contribution < -0.4 is 16.2 Å². The molecule has 0 bridgehead atoms. The lowest BCUT2D eigenvalue weighted by Gasteiger charge is -2.16. The third-order valence-corrected chi connectivity index (χ3v) is 6.57. The second kappa shape index (κ2) is 8.77. The molecule has 0 aliphatic heterocycles. The summed E-state index contributed by atoms with van der Waals surface area (Å²) < 4.78 is 5.09. The Bertz CT molecular complexity index is 1130. The molecule has 1 aliphatic carbocycles. The number of anilines is 1. The van der Waals surface area contributed by atoms with Crippen LogP contribution in [-0.2, 0) is 12.8 Å². The minimum absolute atomic E-state index is 0.176. The number of furan rings is 1. The van der Waals surface area contributed by atoms with Gasteiger partial charge < -0.3 is 9.73 Å². The highest BCUT2D eigenvalue weighted by atomic mass is 32.1. The van der Waals surface area contributed by atoms with Gasteiger partial charge in [-0.05, 0) is 73.6 Å². The highest BCUT2D eigenvalue weighted by molar-refractivity contribution is 7.14. The Morgan fingerprint density at radius 3 is 2.65 bits per heavy atom. The SMILES string of the molecule is Cc1ccc(C(=O)NNC(=O)c2cc3c(s2)CCC(C)C3)cc1NC(=O)c1ccco1. The molecule has 1 aliphatic rings. The van der Waals surface area contributed by atoms with Gasteiger partial charge in [0.2, 0.25) is 0 Å². The number of amides is 3. The van der Waals surface area contributed by atoms with E-state index in [1.807, 2.05) is 13.0 Å². The predicted octanol–water partition coefficient (Wildman–Crippen LogP) is 4.10. The Balaban J connectivity index is 1.39. The molecule has 2 heterocycles. The summed E-state index contributed by atoms with van der Waals surface area (Å²) in [5.74, 6) is -0.415. The van der Waals surface area contributed by atoms with Crippen LogP contribution in [0.5, 0.6) is 0 Å². The van der Waals surface area contributed by atoms with Gasteiger partial charge in [0.05, 0.1) is 11.1 Å². The normalized spacial score (nSPS) is 15.1. The van der Waals surface area contributed by atoms with Crippen molar-refractivity contribution >= 4 is 34.7 Å². The summed E-state index contributed by atoms with van der Waals surface area (Å²) in [5, 5.41) is 2.73. The highest BCUT2D eigenvalue weighted by Crippen LogP contribution is 2.32. The van der Waals surface area contributed by atoms with E-state index in [0.29, 0.717) is 22.0 Å². The summed E-state index contributed by atoms with van der Waals surface area (Å²) in [5.41, 5.74) is 7.75. The molecule has 3 N–H and O–H groups in total. The molecular weight excluding hydrogens is 414 g/mol. The van der Waals surface area contributed by atoms with E-state index in [9.17, 15) is 14.4 Å². The third-order valence-electron chi connectivity index (χ3n) is 5.34. The summed E-state index contributed by atoms with van der Waals surface area (Å²) in [6, 6.07) is 10.0. The van der Waals surface area contributed by atoms with Crippen LogP contribution in [0, 0.1) is 12.8 Å². The van der Waals surface area contributed by atoms with Gasteiger partial charge in [-0.2, -0.15) is 0 Å². The lowest BCUT2D eigenvalue weighted by Crippen LogP contribution is -2.41. The molecule has 1 atom stereocenters. The van der Waals surface area contributed by atoms with Crippen LogP contribution in [0.1, 0.15) is 59.9 Å². The molecule has 8 heteroatoms. The second-order valence-corrected chi connectivity index (χ2v) is 8.91. The summed E-state index contributed by atoms with van der Waals surface area (Å²) in [4.78, 5) is 39.1. The number of hydrogen-bond donors (Lipinski definition) is 3. The molecule has 4 rings (SSSR count). The van der Waals surface area contributed by atoms with Gasteiger partial charge >= 0.3 is 0 Å². The number of hydrogen-bond acceptors (Lipinski definition) is 5. The van der Waals surface area contributed by atoms with Crippen LogP contribution in [0.2, 0.25) is 0 Å². The first-order valence-corrected chi connectivity index (χ1v) is 10.9. The van der Waals surface area contributed by atoms with Gasteiger partial charge in [-0.1, -0.05) is 13.0 Å². The number of rotatable bonds is 4. The summed E-state index contributed by atoms with van der Waals surface area (Å²) in [6.07, 6.45) is 4.54. The zero-order valence-electron chi connectivity index (χ0n) is 17.3. The molecule has 2 aromatic heterocycles. The topological polar surface area (TPSA) is 100 Å². The van der Waals surface area contributed by atoms with Crippen LogP contribution in [0.15, 0.2) is 47.1 Å². The highest BCUT2D eigenvalue weighted by Gasteiger charge is 2.21. The van der Waals surface area contributed by atoms with Crippen LogP contribution in [0.3, 0.4) is 0 Å². The Labute approximate surface area is 183 Å². The molecule has 0 fully saturated rings. The standard InChI is InChI=1S/C23H23N3O4S/c1-13-5-8-19-16(10-13)12-20(31-19)23(29)26-25-21(27)15-7-6-14(2)17(11-15)24-22(28)18-4-3-9-30-18/h3-4,6-7,9,11-13H,5,8,10H2,1-2H3,(H,24,28)(H,25,27)(H,26,29). The fraction of sp³-hybridized carbons (Fsp3) is 0.261. The van der Waals surface area contributed by atoms with Gasteiger partial charge in [0.25, 0.3) is 17.7 Å². The van der Waals surface area contributed by atoms with Crippen LogP contribution >= 0.6 is 11.3 Å². The first-order chi connectivity index (χ1) is 14.9. The number of benzene rings is 1. The van der Waals surface area contributed by atoms with Crippen molar-refractivity contribution in [3.05, 3.63) is 74.9 Å². The fourth-order valence-corrected chi connectivity index (χ4v) is 4.66. The van der Waals surface area contributed by atoms with Gasteiger partial charge in [-0.3, -0.25) is 25.2 Å². The smallest absolute Gasteiger partial charge is 0.291 e. The van der Waals surface area contributed by atoms with E-state index in [4.69, 9.17) is 4.42 Å². The lowest BCUT2D eigenvalue weighted by atomic mass is 9.90. The Kier molecular flexibility index (Phi) is 5.90. The second-order valence-electron chi connectivity index (χ2n) is 7.78. The molecule has 160 valence electrons. The van der Waals surface area contributed by atoms with Crippen LogP contribution in [-0.4, -0.2) is 17.7 Å². The summed E-state index contributed by atoms with van der Waals surface area (Å²) >= 11 is 1.48. The number of fused-ring (bicyclic) bond motifs is 1. The van der Waals surface area contributed by atoms with E-state index in [1.165, 1.54) is 28.0 Å². The van der Waals surface area contributed by atoms with Crippen molar-refractivity contribution in [3.8, 4) is 0 Å². The molecule has 1 unspecified atom stereocenters. The van der Waals surface area contributed by atoms with Crippen LogP contribution in [0.4, 0.5) is 5.69 Å².